The van der Waals surface area contributed by atoms with Gasteiger partial charge < -0.3 is 4.90 Å². The molecular weight excluding hydrogens is 282 g/mol. The van der Waals surface area contributed by atoms with Crippen LogP contribution in [0.1, 0.15) is 0 Å². The molecule has 0 aliphatic carbocycles. The minimum absolute atomic E-state index is 0.0878. The Kier molecular flexibility index (Phi) is 5.91. The third-order valence-electron chi connectivity index (χ3n) is 2.08. The van der Waals surface area contributed by atoms with Crippen LogP contribution in [0, 0.1) is 0 Å². The number of oxime groups is 1. The molecule has 0 aromatic heterocycles. The summed E-state index contributed by atoms with van der Waals surface area (Å²) in [6.45, 7) is 0. The minimum atomic E-state index is -0.730. The van der Waals surface area contributed by atoms with Crippen molar-refractivity contribution in [2.45, 2.75) is 0 Å². The van der Waals surface area contributed by atoms with E-state index in [9.17, 15) is 9.59 Å². The van der Waals surface area contributed by atoms with Crippen molar-refractivity contribution in [2.75, 3.05) is 27.4 Å². The van der Waals surface area contributed by atoms with Crippen molar-refractivity contribution in [3.05, 3.63) is 11.9 Å². The number of hydrogen-bond donors (Lipinski definition) is 0. The van der Waals surface area contributed by atoms with E-state index in [1.807, 2.05) is 0 Å². The minimum Gasteiger partial charge on any atom is -0.343 e. The maximum Gasteiger partial charge on any atom is 0.439 e. The molecule has 0 aromatic carbocycles. The summed E-state index contributed by atoms with van der Waals surface area (Å²) in [6.07, 6.45) is 5.24. The number of nitrogens with zero attached hydrogens (tertiary/aromatic N) is 5. The lowest BCUT2D eigenvalue weighted by Gasteiger charge is -2.12. The molecule has 0 N–H and O–H groups in total. The van der Waals surface area contributed by atoms with Crippen LogP contribution in [0.4, 0.5) is 4.79 Å². The fraction of sp³-hybridized carbons (Fsp3) is 0.364. The molecule has 0 spiro atoms. The van der Waals surface area contributed by atoms with Gasteiger partial charge in [0.25, 0.3) is 5.91 Å². The van der Waals surface area contributed by atoms with Crippen LogP contribution in [0.2, 0.25) is 0 Å². The number of allylic oxidation sites excluding steroid dienone is 1. The van der Waals surface area contributed by atoms with Crippen molar-refractivity contribution in [3.63, 3.8) is 0 Å². The lowest BCUT2D eigenvalue weighted by atomic mass is 10.5. The first-order valence-electron chi connectivity index (χ1n) is 5.50. The standard InChI is InChI=1S/C11H15N5O3S/c1-15(2)10(17)9(20-4)14-19-11(18)16(3)6-8-5-12-7-13-8/h5-7H,1-4H3. The predicted molar refractivity (Wildman–Crippen MR) is 79.0 cm³/mol. The number of thioether (sulfide) groups is 1. The SMILES string of the molecule is CSC(=NOC(=O)N(C)C=C1C=NC=N1)C(=O)N(C)C. The van der Waals surface area contributed by atoms with Crippen LogP contribution in [0.5, 0.6) is 0 Å². The van der Waals surface area contributed by atoms with Crippen molar-refractivity contribution >= 4 is 41.4 Å². The lowest BCUT2D eigenvalue weighted by molar-refractivity contribution is -0.121. The smallest absolute Gasteiger partial charge is 0.343 e. The molecule has 0 bridgehead atoms. The van der Waals surface area contributed by atoms with E-state index in [-0.39, 0.29) is 11.0 Å². The molecule has 2 amide bonds. The Balaban J connectivity index is 2.65. The van der Waals surface area contributed by atoms with E-state index < -0.39 is 6.09 Å². The average Bonchev–Trinajstić information content (AvgIpc) is 2.91. The molecule has 8 nitrogen and oxygen atoms in total. The second kappa shape index (κ2) is 7.43. The van der Waals surface area contributed by atoms with Crippen LogP contribution in [0.3, 0.4) is 0 Å². The molecular formula is C11H15N5O3S. The number of carbonyl (C=O) groups excluding carboxylic acids is 2. The van der Waals surface area contributed by atoms with Gasteiger partial charge in [0.05, 0.1) is 11.9 Å². The number of carbonyl (C=O) groups is 2. The van der Waals surface area contributed by atoms with Gasteiger partial charge in [-0.15, -0.1) is 11.8 Å². The zero-order valence-corrected chi connectivity index (χ0v) is 12.4. The highest BCUT2D eigenvalue weighted by Crippen LogP contribution is 2.05. The molecule has 1 aliphatic rings. The molecule has 108 valence electrons. The Hall–Kier alpha value is -2.16. The van der Waals surface area contributed by atoms with E-state index >= 15 is 0 Å². The first-order chi connectivity index (χ1) is 9.45. The highest BCUT2D eigenvalue weighted by molar-refractivity contribution is 8.15. The average molecular weight is 297 g/mol. The maximum atomic E-state index is 11.7. The molecule has 0 saturated carbocycles. The summed E-state index contributed by atoms with van der Waals surface area (Å²) in [5.41, 5.74) is 0.517. The normalized spacial score (nSPS) is 15.6. The van der Waals surface area contributed by atoms with Crippen molar-refractivity contribution in [3.8, 4) is 0 Å². The lowest BCUT2D eigenvalue weighted by Crippen LogP contribution is -2.29. The van der Waals surface area contributed by atoms with Gasteiger partial charge in [0.15, 0.2) is 0 Å². The molecule has 0 atom stereocenters. The summed E-state index contributed by atoms with van der Waals surface area (Å²) in [7, 11) is 4.66. The van der Waals surface area contributed by atoms with Gasteiger partial charge in [-0.3, -0.25) is 14.5 Å². The summed E-state index contributed by atoms with van der Waals surface area (Å²) in [6, 6.07) is 0. The van der Waals surface area contributed by atoms with E-state index in [1.165, 1.54) is 30.7 Å². The van der Waals surface area contributed by atoms with Crippen molar-refractivity contribution in [2.24, 2.45) is 15.1 Å². The summed E-state index contributed by atoms with van der Waals surface area (Å²) < 4.78 is 0. The third kappa shape index (κ3) is 4.50. The number of rotatable bonds is 2. The molecule has 1 heterocycles. The van der Waals surface area contributed by atoms with Crippen LogP contribution in [0.25, 0.3) is 0 Å². The van der Waals surface area contributed by atoms with Crippen LogP contribution in [-0.2, 0) is 9.63 Å². The van der Waals surface area contributed by atoms with Crippen LogP contribution >= 0.6 is 11.8 Å². The largest absolute Gasteiger partial charge is 0.439 e. The van der Waals surface area contributed by atoms with Crippen molar-refractivity contribution < 1.29 is 14.4 Å². The van der Waals surface area contributed by atoms with E-state index in [0.29, 0.717) is 5.70 Å². The fourth-order valence-corrected chi connectivity index (χ4v) is 1.53. The number of aliphatic imine (C=N–C) groups is 2. The summed E-state index contributed by atoms with van der Waals surface area (Å²) in [5.74, 6) is -0.334. The second-order valence-corrected chi connectivity index (χ2v) is 4.64. The van der Waals surface area contributed by atoms with Gasteiger partial charge in [-0.05, 0) is 6.26 Å². The number of hydrogen-bond acceptors (Lipinski definition) is 7. The Morgan fingerprint density at radius 1 is 1.40 bits per heavy atom. The zero-order valence-electron chi connectivity index (χ0n) is 11.6. The van der Waals surface area contributed by atoms with E-state index in [0.717, 1.165) is 16.7 Å². The molecule has 0 unspecified atom stereocenters. The summed E-state index contributed by atoms with van der Waals surface area (Å²) in [5, 5.41) is 3.64. The Labute approximate surface area is 120 Å². The van der Waals surface area contributed by atoms with Gasteiger partial charge in [-0.1, -0.05) is 5.16 Å². The third-order valence-corrected chi connectivity index (χ3v) is 2.72. The quantitative estimate of drug-likeness (QED) is 0.326. The molecule has 9 heteroatoms. The summed E-state index contributed by atoms with van der Waals surface area (Å²) >= 11 is 1.10. The van der Waals surface area contributed by atoms with Crippen molar-refractivity contribution in [1.29, 1.82) is 0 Å². The maximum absolute atomic E-state index is 11.7. The van der Waals surface area contributed by atoms with Gasteiger partial charge in [-0.2, -0.15) is 0 Å². The molecule has 0 saturated heterocycles. The molecule has 20 heavy (non-hydrogen) atoms. The fourth-order valence-electron chi connectivity index (χ4n) is 1.06. The first kappa shape index (κ1) is 15.9. The van der Waals surface area contributed by atoms with E-state index in [2.05, 4.69) is 15.1 Å². The van der Waals surface area contributed by atoms with Gasteiger partial charge >= 0.3 is 6.09 Å². The number of amides is 2. The van der Waals surface area contributed by atoms with Crippen LogP contribution < -0.4 is 0 Å². The topological polar surface area (TPSA) is 86.9 Å². The molecule has 1 aliphatic heterocycles. The Morgan fingerprint density at radius 3 is 2.60 bits per heavy atom. The van der Waals surface area contributed by atoms with Gasteiger partial charge in [0.1, 0.15) is 6.34 Å². The molecule has 0 radical (unpaired) electrons. The zero-order chi connectivity index (χ0) is 15.1. The highest BCUT2D eigenvalue weighted by Gasteiger charge is 2.15. The molecule has 1 rings (SSSR count). The second-order valence-electron chi connectivity index (χ2n) is 3.84. The van der Waals surface area contributed by atoms with Crippen LogP contribution in [0.15, 0.2) is 27.0 Å². The van der Waals surface area contributed by atoms with Gasteiger partial charge in [-0.25, -0.2) is 14.8 Å². The van der Waals surface area contributed by atoms with E-state index in [1.54, 1.807) is 20.4 Å². The Bertz CT molecular complexity index is 496. The highest BCUT2D eigenvalue weighted by atomic mass is 32.2. The van der Waals surface area contributed by atoms with E-state index in [4.69, 9.17) is 4.84 Å². The predicted octanol–water partition coefficient (Wildman–Crippen LogP) is 0.774. The molecule has 0 aromatic rings. The van der Waals surface area contributed by atoms with Crippen LogP contribution in [-0.4, -0.2) is 66.8 Å². The summed E-state index contributed by atoms with van der Waals surface area (Å²) in [4.78, 5) is 38.2. The van der Waals surface area contributed by atoms with Crippen molar-refractivity contribution in [1.82, 2.24) is 9.80 Å². The first-order valence-corrected chi connectivity index (χ1v) is 6.73. The monoisotopic (exact) mass is 297 g/mol. The van der Waals surface area contributed by atoms with Gasteiger partial charge in [0.2, 0.25) is 5.04 Å². The Morgan fingerprint density at radius 2 is 2.10 bits per heavy atom. The molecule has 0 fully saturated rings. The van der Waals surface area contributed by atoms with Gasteiger partial charge in [0, 0.05) is 27.3 Å².